The van der Waals surface area contributed by atoms with Crippen molar-refractivity contribution < 1.29 is 52.6 Å². The van der Waals surface area contributed by atoms with E-state index in [2.05, 4.69) is 21.2 Å². The van der Waals surface area contributed by atoms with Crippen molar-refractivity contribution in [1.29, 1.82) is 5.26 Å². The Morgan fingerprint density at radius 3 is 2.53 bits per heavy atom. The number of nitrogens with one attached hydrogen (secondary N) is 1. The quantitative estimate of drug-likeness (QED) is 0.251. The topological polar surface area (TPSA) is 178 Å². The molecule has 16 heteroatoms. The van der Waals surface area contributed by atoms with Gasteiger partial charge in [0.25, 0.3) is 0 Å². The third-order valence-corrected chi connectivity index (χ3v) is 14.6. The molecule has 10 rings (SSSR count). The Kier molecular flexibility index (Phi) is 10.1. The SMILES string of the molecule is CCCC(=O)Oc1cc2c(cc1OC)[C@@]1(CS[C@@H]3c4c(OC(C)=O)c(C)c5c(c4[C@H](COC1=O)N1C3C3c4c(cc(C)c(OC)c4O)CC([C@@H]1C#N)N3C)OCO5)NCC2. The van der Waals surface area contributed by atoms with E-state index >= 15 is 0 Å². The molecular formula is C44H48N4O11S. The maximum Gasteiger partial charge on any atom is 0.331 e. The van der Waals surface area contributed by atoms with Gasteiger partial charge in [0, 0.05) is 60.0 Å². The Bertz CT molecular complexity index is 2380. The fourth-order valence-corrected chi connectivity index (χ4v) is 12.3. The second kappa shape index (κ2) is 15.1. The predicted octanol–water partition coefficient (Wildman–Crippen LogP) is 4.99. The fraction of sp³-hybridized carbons (Fsp3) is 0.500. The van der Waals surface area contributed by atoms with Crippen molar-refractivity contribution in [1.82, 2.24) is 15.1 Å². The van der Waals surface area contributed by atoms with Gasteiger partial charge in [0.15, 0.2) is 40.0 Å². The number of methoxy groups -OCH3 is 2. The normalized spacial score (nSPS) is 27.4. The number of likely N-dealkylation sites (N-methyl/N-ethyl adjacent to an activating group) is 1. The van der Waals surface area contributed by atoms with Gasteiger partial charge >= 0.3 is 17.9 Å². The van der Waals surface area contributed by atoms with E-state index in [1.165, 1.54) is 32.9 Å². The van der Waals surface area contributed by atoms with Gasteiger partial charge in [0.2, 0.25) is 6.79 Å². The number of phenolic OH excluding ortho intramolecular Hbond substituents is 1. The van der Waals surface area contributed by atoms with E-state index in [4.69, 9.17) is 33.2 Å². The van der Waals surface area contributed by atoms with Gasteiger partial charge in [-0.05, 0) is 74.5 Å². The van der Waals surface area contributed by atoms with Crippen LogP contribution in [0, 0.1) is 25.2 Å². The minimum Gasteiger partial charge on any atom is -0.504 e. The zero-order valence-corrected chi connectivity index (χ0v) is 35.4. The second-order valence-electron chi connectivity index (χ2n) is 16.3. The lowest BCUT2D eigenvalue weighted by Crippen LogP contribution is -2.69. The average molecular weight is 841 g/mol. The third kappa shape index (κ3) is 5.83. The molecule has 3 unspecified atom stereocenters. The number of fused-ring (bicyclic) bond motifs is 9. The molecule has 3 aromatic carbocycles. The number of piperazine rings is 1. The maximum atomic E-state index is 15.0. The summed E-state index contributed by atoms with van der Waals surface area (Å²) in [5, 5.41) is 26.3. The van der Waals surface area contributed by atoms with Gasteiger partial charge in [-0.2, -0.15) is 5.26 Å². The highest BCUT2D eigenvalue weighted by molar-refractivity contribution is 7.99. The summed E-state index contributed by atoms with van der Waals surface area (Å²) in [6.07, 6.45) is 1.88. The molecule has 7 heterocycles. The highest BCUT2D eigenvalue weighted by Gasteiger charge is 2.62. The summed E-state index contributed by atoms with van der Waals surface area (Å²) in [5.41, 5.74) is 4.32. The number of nitriles is 1. The van der Waals surface area contributed by atoms with Crippen LogP contribution in [0.5, 0.6) is 40.2 Å². The highest BCUT2D eigenvalue weighted by Crippen LogP contribution is 2.64. The number of ether oxygens (including phenoxy) is 7. The van der Waals surface area contributed by atoms with Crippen molar-refractivity contribution >= 4 is 29.7 Å². The molecule has 2 fully saturated rings. The number of benzene rings is 3. The minimum absolute atomic E-state index is 0.0340. The molecule has 0 saturated carbocycles. The first-order valence-corrected chi connectivity index (χ1v) is 21.3. The smallest absolute Gasteiger partial charge is 0.331 e. The molecule has 0 amide bonds. The van der Waals surface area contributed by atoms with Crippen LogP contribution in [0.3, 0.4) is 0 Å². The van der Waals surface area contributed by atoms with E-state index in [0.29, 0.717) is 82.4 Å². The molecule has 2 N–H and O–H groups in total. The first kappa shape index (κ1) is 40.2. The van der Waals surface area contributed by atoms with Crippen molar-refractivity contribution in [2.24, 2.45) is 0 Å². The second-order valence-corrected chi connectivity index (χ2v) is 17.4. The Labute approximate surface area is 352 Å². The molecule has 0 aromatic heterocycles. The average Bonchev–Trinajstić information content (AvgIpc) is 3.71. The molecule has 0 aliphatic carbocycles. The predicted molar refractivity (Wildman–Crippen MR) is 217 cm³/mol. The number of carbonyl (C=O) groups excluding carboxylic acids is 3. The summed E-state index contributed by atoms with van der Waals surface area (Å²) in [7, 11) is 5.01. The van der Waals surface area contributed by atoms with E-state index in [9.17, 15) is 24.8 Å². The number of nitrogens with zero attached hydrogens (tertiary/aromatic N) is 3. The van der Waals surface area contributed by atoms with Crippen molar-refractivity contribution in [3.63, 3.8) is 0 Å². The summed E-state index contributed by atoms with van der Waals surface area (Å²) >= 11 is 1.47. The van der Waals surface area contributed by atoms with Gasteiger partial charge in [-0.15, -0.1) is 11.8 Å². The molecule has 7 aliphatic rings. The fourth-order valence-electron chi connectivity index (χ4n) is 10.6. The number of aryl methyl sites for hydroxylation is 1. The van der Waals surface area contributed by atoms with Crippen LogP contribution in [-0.2, 0) is 37.5 Å². The Hall–Kier alpha value is -5.21. The van der Waals surface area contributed by atoms with Crippen LogP contribution in [0.1, 0.15) is 88.5 Å². The lowest BCUT2D eigenvalue weighted by molar-refractivity contribution is -0.157. The van der Waals surface area contributed by atoms with Crippen LogP contribution in [0.2, 0.25) is 0 Å². The molecular weight excluding hydrogens is 793 g/mol. The monoisotopic (exact) mass is 840 g/mol. The zero-order valence-electron chi connectivity index (χ0n) is 34.6. The number of hydrogen-bond acceptors (Lipinski definition) is 16. The number of thioether (sulfide) groups is 1. The molecule has 1 spiro atoms. The summed E-state index contributed by atoms with van der Waals surface area (Å²) in [6, 6.07) is 5.37. The van der Waals surface area contributed by atoms with Crippen molar-refractivity contribution in [3.05, 3.63) is 62.7 Å². The van der Waals surface area contributed by atoms with Crippen LogP contribution in [0.4, 0.5) is 0 Å². The molecule has 60 heavy (non-hydrogen) atoms. The van der Waals surface area contributed by atoms with Crippen LogP contribution in [0.25, 0.3) is 0 Å². The first-order chi connectivity index (χ1) is 28.9. The van der Waals surface area contributed by atoms with Crippen LogP contribution in [-0.4, -0.2) is 97.9 Å². The highest BCUT2D eigenvalue weighted by atomic mass is 32.2. The van der Waals surface area contributed by atoms with Gasteiger partial charge in [0.1, 0.15) is 18.4 Å². The van der Waals surface area contributed by atoms with Gasteiger partial charge < -0.3 is 38.3 Å². The van der Waals surface area contributed by atoms with E-state index < -0.39 is 46.9 Å². The number of carbonyl (C=O) groups is 3. The summed E-state index contributed by atoms with van der Waals surface area (Å²) in [5.74, 6) is 0.866. The van der Waals surface area contributed by atoms with Crippen LogP contribution < -0.4 is 33.7 Å². The number of aromatic hydroxyl groups is 1. The molecule has 316 valence electrons. The molecule has 2 saturated heterocycles. The number of esters is 3. The number of phenols is 1. The van der Waals surface area contributed by atoms with Crippen molar-refractivity contribution in [2.45, 2.75) is 94.4 Å². The van der Waals surface area contributed by atoms with E-state index in [-0.39, 0.29) is 49.1 Å². The first-order valence-electron chi connectivity index (χ1n) is 20.3. The molecule has 7 aliphatic heterocycles. The maximum absolute atomic E-state index is 15.0. The summed E-state index contributed by atoms with van der Waals surface area (Å²) in [4.78, 5) is 45.0. The molecule has 3 aromatic rings. The van der Waals surface area contributed by atoms with E-state index in [1.54, 1.807) is 12.1 Å². The lowest BCUT2D eigenvalue weighted by Gasteiger charge is -2.62. The van der Waals surface area contributed by atoms with Gasteiger partial charge in [-0.25, -0.2) is 4.79 Å². The van der Waals surface area contributed by atoms with Crippen LogP contribution >= 0.6 is 11.8 Å². The largest absolute Gasteiger partial charge is 0.504 e. The standard InChI is InChI=1S/C44H48N4O11S/c1-8-9-31(50)59-30-14-23-10-11-46-44(25(23)15-29(30)53-6)18-60-42-34-33(41-40(56-19-57-41)21(3)39(34)58-22(4)49)28(17-55-43(44)52)48-27(16-45)26-13-24-12-20(2)38(54-7)37(51)32(24)35(36(42)48)47(26)5/h12,14-15,26-28,35-36,42,46,51H,8-11,13,17-19H2,1-7H3/t26?,27-,28-,35?,36?,42+,44+/m0/s1. The lowest BCUT2D eigenvalue weighted by atomic mass is 9.71. The minimum atomic E-state index is -1.41. The van der Waals surface area contributed by atoms with E-state index in [0.717, 1.165) is 16.7 Å². The third-order valence-electron chi connectivity index (χ3n) is 13.1. The van der Waals surface area contributed by atoms with Crippen molar-refractivity contribution in [3.8, 4) is 46.3 Å². The molecule has 7 atom stereocenters. The Morgan fingerprint density at radius 2 is 1.82 bits per heavy atom. The van der Waals surface area contributed by atoms with E-state index in [1.807, 2.05) is 33.9 Å². The van der Waals surface area contributed by atoms with Gasteiger partial charge in [-0.3, -0.25) is 24.7 Å². The van der Waals surface area contributed by atoms with Crippen LogP contribution in [0.15, 0.2) is 18.2 Å². The molecule has 15 nitrogen and oxygen atoms in total. The number of rotatable bonds is 6. The summed E-state index contributed by atoms with van der Waals surface area (Å²) in [6.45, 7) is 7.12. The van der Waals surface area contributed by atoms with Gasteiger partial charge in [0.05, 0.1) is 37.6 Å². The number of hydrogen-bond donors (Lipinski definition) is 2. The Balaban J connectivity index is 1.29. The zero-order chi connectivity index (χ0) is 42.4. The van der Waals surface area contributed by atoms with Gasteiger partial charge in [-0.1, -0.05) is 13.0 Å². The summed E-state index contributed by atoms with van der Waals surface area (Å²) < 4.78 is 42.3. The van der Waals surface area contributed by atoms with Crippen molar-refractivity contribution in [2.75, 3.05) is 47.0 Å². The molecule has 4 bridgehead atoms. The molecule has 0 radical (unpaired) electrons. The Morgan fingerprint density at radius 1 is 1.03 bits per heavy atom.